The molecular weight excluding hydrogens is 298 g/mol. The van der Waals surface area contributed by atoms with Crippen LogP contribution in [0.4, 0.5) is 0 Å². The van der Waals surface area contributed by atoms with E-state index >= 15 is 0 Å². The number of pyridine rings is 1. The standard InChI is InChI=1S/C20H21N3O/c1-15-13-22(18-9-3-2-7-16(15)18)14-20(24)23-12-6-10-19(23)17-8-4-5-11-21-17/h2-5,7-9,11,13,19H,6,10,12,14H2,1H3. The second-order valence-corrected chi connectivity index (χ2v) is 6.46. The third kappa shape index (κ3) is 2.58. The van der Waals surface area contributed by atoms with Gasteiger partial charge in [0.1, 0.15) is 6.54 Å². The van der Waals surface area contributed by atoms with Crippen molar-refractivity contribution in [3.63, 3.8) is 0 Å². The molecule has 4 heteroatoms. The van der Waals surface area contributed by atoms with Crippen molar-refractivity contribution in [3.8, 4) is 0 Å². The Balaban J connectivity index is 1.59. The van der Waals surface area contributed by atoms with Gasteiger partial charge in [-0.15, -0.1) is 0 Å². The Morgan fingerprint density at radius 3 is 2.88 bits per heavy atom. The number of aryl methyl sites for hydroxylation is 1. The summed E-state index contributed by atoms with van der Waals surface area (Å²) < 4.78 is 2.07. The molecule has 2 aromatic heterocycles. The fourth-order valence-electron chi connectivity index (χ4n) is 3.74. The molecule has 3 heterocycles. The maximum absolute atomic E-state index is 12.9. The summed E-state index contributed by atoms with van der Waals surface area (Å²) in [5.41, 5.74) is 3.33. The number of fused-ring (bicyclic) bond motifs is 1. The summed E-state index contributed by atoms with van der Waals surface area (Å²) in [5, 5.41) is 1.22. The molecule has 1 fully saturated rings. The van der Waals surface area contributed by atoms with E-state index in [1.54, 1.807) is 6.20 Å². The monoisotopic (exact) mass is 319 g/mol. The Hall–Kier alpha value is -2.62. The number of carbonyl (C=O) groups is 1. The number of hydrogen-bond donors (Lipinski definition) is 0. The molecule has 1 unspecified atom stereocenters. The van der Waals surface area contributed by atoms with Crippen LogP contribution < -0.4 is 0 Å². The first-order valence-corrected chi connectivity index (χ1v) is 8.49. The molecule has 122 valence electrons. The number of aromatic nitrogens is 2. The number of rotatable bonds is 3. The van der Waals surface area contributed by atoms with Gasteiger partial charge in [0.15, 0.2) is 0 Å². The van der Waals surface area contributed by atoms with Gasteiger partial charge in [-0.2, -0.15) is 0 Å². The Kier molecular flexibility index (Phi) is 3.81. The molecule has 3 aromatic rings. The predicted molar refractivity (Wildman–Crippen MR) is 94.6 cm³/mol. The quantitative estimate of drug-likeness (QED) is 0.738. The average Bonchev–Trinajstić information content (AvgIpc) is 3.22. The SMILES string of the molecule is Cc1cn(CC(=O)N2CCCC2c2ccccn2)c2ccccc12. The normalized spacial score (nSPS) is 17.5. The molecule has 1 aliphatic rings. The van der Waals surface area contributed by atoms with Gasteiger partial charge < -0.3 is 9.47 Å². The van der Waals surface area contributed by atoms with E-state index in [1.807, 2.05) is 35.2 Å². The molecule has 0 saturated carbocycles. The summed E-state index contributed by atoms with van der Waals surface area (Å²) in [4.78, 5) is 19.4. The molecule has 1 amide bonds. The zero-order valence-corrected chi connectivity index (χ0v) is 13.9. The number of para-hydroxylation sites is 1. The Morgan fingerprint density at radius 2 is 2.04 bits per heavy atom. The predicted octanol–water partition coefficient (Wildman–Crippen LogP) is 3.71. The Morgan fingerprint density at radius 1 is 1.21 bits per heavy atom. The summed E-state index contributed by atoms with van der Waals surface area (Å²) in [6.07, 6.45) is 5.92. The Labute approximate surface area is 141 Å². The van der Waals surface area contributed by atoms with Crippen molar-refractivity contribution in [2.45, 2.75) is 32.4 Å². The van der Waals surface area contributed by atoms with E-state index in [2.05, 4.69) is 34.8 Å². The van der Waals surface area contributed by atoms with E-state index in [0.29, 0.717) is 6.54 Å². The van der Waals surface area contributed by atoms with Gasteiger partial charge in [0.05, 0.1) is 11.7 Å². The lowest BCUT2D eigenvalue weighted by atomic mass is 10.1. The number of benzene rings is 1. The lowest BCUT2D eigenvalue weighted by Gasteiger charge is -2.24. The number of likely N-dealkylation sites (tertiary alicyclic amines) is 1. The lowest BCUT2D eigenvalue weighted by Crippen LogP contribution is -2.33. The molecule has 24 heavy (non-hydrogen) atoms. The minimum Gasteiger partial charge on any atom is -0.338 e. The van der Waals surface area contributed by atoms with Crippen LogP contribution in [0.5, 0.6) is 0 Å². The second-order valence-electron chi connectivity index (χ2n) is 6.46. The maximum atomic E-state index is 12.9. The molecule has 4 nitrogen and oxygen atoms in total. The van der Waals surface area contributed by atoms with Crippen molar-refractivity contribution in [2.75, 3.05) is 6.54 Å². The van der Waals surface area contributed by atoms with E-state index in [1.165, 1.54) is 10.9 Å². The number of carbonyl (C=O) groups excluding carboxylic acids is 1. The molecule has 0 bridgehead atoms. The third-order valence-electron chi connectivity index (χ3n) is 4.90. The first-order valence-electron chi connectivity index (χ1n) is 8.49. The van der Waals surface area contributed by atoms with Crippen LogP contribution in [0.25, 0.3) is 10.9 Å². The first-order chi connectivity index (χ1) is 11.7. The van der Waals surface area contributed by atoms with Gasteiger partial charge in [0.2, 0.25) is 5.91 Å². The smallest absolute Gasteiger partial charge is 0.243 e. The van der Waals surface area contributed by atoms with Gasteiger partial charge >= 0.3 is 0 Å². The van der Waals surface area contributed by atoms with Gasteiger partial charge in [-0.1, -0.05) is 24.3 Å². The average molecular weight is 319 g/mol. The topological polar surface area (TPSA) is 38.1 Å². The van der Waals surface area contributed by atoms with Gasteiger partial charge in [-0.05, 0) is 43.5 Å². The minimum absolute atomic E-state index is 0.113. The fourth-order valence-corrected chi connectivity index (χ4v) is 3.74. The molecule has 0 spiro atoms. The molecule has 1 atom stereocenters. The summed E-state index contributed by atoms with van der Waals surface area (Å²) in [6.45, 7) is 3.30. The van der Waals surface area contributed by atoms with Crippen molar-refractivity contribution in [1.82, 2.24) is 14.5 Å². The van der Waals surface area contributed by atoms with Crippen molar-refractivity contribution in [2.24, 2.45) is 0 Å². The van der Waals surface area contributed by atoms with Crippen molar-refractivity contribution < 1.29 is 4.79 Å². The van der Waals surface area contributed by atoms with E-state index in [4.69, 9.17) is 0 Å². The maximum Gasteiger partial charge on any atom is 0.243 e. The van der Waals surface area contributed by atoms with Gasteiger partial charge in [-0.25, -0.2) is 0 Å². The van der Waals surface area contributed by atoms with Crippen LogP contribution in [0.1, 0.15) is 30.1 Å². The molecular formula is C20H21N3O. The third-order valence-corrected chi connectivity index (χ3v) is 4.90. The number of nitrogens with zero attached hydrogens (tertiary/aromatic N) is 3. The highest BCUT2D eigenvalue weighted by Crippen LogP contribution is 2.31. The zero-order valence-electron chi connectivity index (χ0n) is 13.9. The molecule has 0 radical (unpaired) electrons. The van der Waals surface area contributed by atoms with E-state index in [-0.39, 0.29) is 11.9 Å². The minimum atomic E-state index is 0.113. The second kappa shape index (κ2) is 6.11. The molecule has 0 N–H and O–H groups in total. The Bertz CT molecular complexity index is 869. The molecule has 1 saturated heterocycles. The van der Waals surface area contributed by atoms with Crippen LogP contribution in [0.3, 0.4) is 0 Å². The van der Waals surface area contributed by atoms with Crippen molar-refractivity contribution >= 4 is 16.8 Å². The van der Waals surface area contributed by atoms with Crippen molar-refractivity contribution in [1.29, 1.82) is 0 Å². The number of hydrogen-bond acceptors (Lipinski definition) is 2. The van der Waals surface area contributed by atoms with Crippen molar-refractivity contribution in [3.05, 3.63) is 66.1 Å². The van der Waals surface area contributed by atoms with Crippen LogP contribution in [-0.4, -0.2) is 26.9 Å². The van der Waals surface area contributed by atoms with Gasteiger partial charge in [-0.3, -0.25) is 9.78 Å². The molecule has 4 rings (SSSR count). The van der Waals surface area contributed by atoms with Gasteiger partial charge in [0, 0.05) is 29.8 Å². The van der Waals surface area contributed by atoms with E-state index in [9.17, 15) is 4.79 Å². The number of amides is 1. The van der Waals surface area contributed by atoms with E-state index < -0.39 is 0 Å². The first kappa shape index (κ1) is 14.9. The van der Waals surface area contributed by atoms with Gasteiger partial charge in [0.25, 0.3) is 0 Å². The molecule has 0 aliphatic carbocycles. The highest BCUT2D eigenvalue weighted by molar-refractivity contribution is 5.86. The summed E-state index contributed by atoms with van der Waals surface area (Å²) >= 11 is 0. The largest absolute Gasteiger partial charge is 0.338 e. The molecule has 1 aliphatic heterocycles. The van der Waals surface area contributed by atoms with Crippen LogP contribution in [0, 0.1) is 6.92 Å². The van der Waals surface area contributed by atoms with Crippen LogP contribution >= 0.6 is 0 Å². The summed E-state index contributed by atoms with van der Waals surface area (Å²) in [5.74, 6) is 0.170. The lowest BCUT2D eigenvalue weighted by molar-refractivity contribution is -0.132. The highest BCUT2D eigenvalue weighted by atomic mass is 16.2. The highest BCUT2D eigenvalue weighted by Gasteiger charge is 2.30. The fraction of sp³-hybridized carbons (Fsp3) is 0.300. The van der Waals surface area contributed by atoms with E-state index in [0.717, 1.165) is 30.6 Å². The summed E-state index contributed by atoms with van der Waals surface area (Å²) in [6, 6.07) is 14.3. The molecule has 1 aromatic carbocycles. The van der Waals surface area contributed by atoms with Crippen LogP contribution in [0.2, 0.25) is 0 Å². The summed E-state index contributed by atoms with van der Waals surface area (Å²) in [7, 11) is 0. The van der Waals surface area contributed by atoms with Crippen LogP contribution in [-0.2, 0) is 11.3 Å². The zero-order chi connectivity index (χ0) is 16.5. The van der Waals surface area contributed by atoms with Crippen LogP contribution in [0.15, 0.2) is 54.9 Å².